The highest BCUT2D eigenvalue weighted by molar-refractivity contribution is 7.86. The molecule has 0 amide bonds. The smallest absolute Gasteiger partial charge is 0.266 e. The summed E-state index contributed by atoms with van der Waals surface area (Å²) in [5, 5.41) is 0.254. The van der Waals surface area contributed by atoms with Crippen molar-refractivity contribution in [3.05, 3.63) is 70.3 Å². The predicted molar refractivity (Wildman–Crippen MR) is 88.2 cm³/mol. The van der Waals surface area contributed by atoms with E-state index in [0.29, 0.717) is 5.52 Å². The van der Waals surface area contributed by atoms with Crippen LogP contribution in [0.15, 0.2) is 58.2 Å². The molecule has 0 atom stereocenters. The second-order valence-corrected chi connectivity index (χ2v) is 6.90. The van der Waals surface area contributed by atoms with Crippen molar-refractivity contribution in [3.63, 3.8) is 0 Å². The van der Waals surface area contributed by atoms with Crippen molar-refractivity contribution < 1.29 is 17.4 Å². The molecule has 0 bridgehead atoms. The summed E-state index contributed by atoms with van der Waals surface area (Å²) in [5.74, 6) is 5.88. The Kier molecular flexibility index (Phi) is 3.76. The SMILES string of the molecule is Cc1ccc(S(=O)(=O)O[n+]2c(C)n(N)c(=O)c3ccccc32)cc1. The van der Waals surface area contributed by atoms with E-state index in [1.54, 1.807) is 36.4 Å². The van der Waals surface area contributed by atoms with Gasteiger partial charge in [0.1, 0.15) is 10.3 Å². The van der Waals surface area contributed by atoms with Gasteiger partial charge in [-0.2, -0.15) is 12.7 Å². The molecule has 7 nitrogen and oxygen atoms in total. The minimum Gasteiger partial charge on any atom is -0.266 e. The summed E-state index contributed by atoms with van der Waals surface area (Å²) in [6.45, 7) is 3.35. The number of nitrogens with zero attached hydrogens (tertiary/aromatic N) is 2. The van der Waals surface area contributed by atoms with E-state index in [1.807, 2.05) is 6.92 Å². The van der Waals surface area contributed by atoms with Gasteiger partial charge in [-0.05, 0) is 35.9 Å². The summed E-state index contributed by atoms with van der Waals surface area (Å²) in [7, 11) is -4.08. The van der Waals surface area contributed by atoms with Crippen LogP contribution in [-0.2, 0) is 10.1 Å². The molecule has 3 aromatic rings. The molecule has 2 aromatic carbocycles. The molecular weight excluding hydrogens is 330 g/mol. The number of aromatic nitrogens is 2. The molecule has 0 aliphatic rings. The average molecular weight is 346 g/mol. The molecule has 0 spiro atoms. The molecule has 2 N–H and O–H groups in total. The van der Waals surface area contributed by atoms with Crippen LogP contribution in [0, 0.1) is 13.8 Å². The second-order valence-electron chi connectivity index (χ2n) is 5.38. The predicted octanol–water partition coefficient (Wildman–Crippen LogP) is 0.437. The Balaban J connectivity index is 2.20. The zero-order valence-corrected chi connectivity index (χ0v) is 13.9. The lowest BCUT2D eigenvalue weighted by Gasteiger charge is -2.09. The fourth-order valence-corrected chi connectivity index (χ4v) is 3.26. The lowest BCUT2D eigenvalue weighted by molar-refractivity contribution is -0.842. The van der Waals surface area contributed by atoms with Crippen molar-refractivity contribution in [2.24, 2.45) is 0 Å². The zero-order valence-electron chi connectivity index (χ0n) is 13.1. The molecule has 1 heterocycles. The standard InChI is InChI=1S/C16H16N3O4S/c1-11-7-9-13(10-8-11)24(21,22)23-19-12(2)18(17)16(20)14-5-3-4-6-15(14)19/h3-10H,17H2,1-2H3/q+1. The number of fused-ring (bicyclic) bond motifs is 1. The molecule has 24 heavy (non-hydrogen) atoms. The summed E-state index contributed by atoms with van der Waals surface area (Å²) in [5.41, 5.74) is 0.812. The minimum atomic E-state index is -4.08. The topological polar surface area (TPSA) is 95.3 Å². The maximum Gasteiger partial charge on any atom is 0.376 e. The fraction of sp³-hybridized carbons (Fsp3) is 0.125. The summed E-state index contributed by atoms with van der Waals surface area (Å²) < 4.78 is 32.2. The minimum absolute atomic E-state index is 0.0128. The number of benzene rings is 2. The summed E-state index contributed by atoms with van der Waals surface area (Å²) in [6.07, 6.45) is 0. The van der Waals surface area contributed by atoms with E-state index in [1.165, 1.54) is 19.1 Å². The molecular formula is C16H16N3O4S+. The normalized spacial score (nSPS) is 11.6. The molecule has 3 rings (SSSR count). The number of aryl methyl sites for hydroxylation is 1. The Bertz CT molecular complexity index is 1090. The Hall–Kier alpha value is -2.87. The lowest BCUT2D eigenvalue weighted by Crippen LogP contribution is -2.54. The van der Waals surface area contributed by atoms with E-state index in [4.69, 9.17) is 10.1 Å². The van der Waals surface area contributed by atoms with Gasteiger partial charge in [-0.25, -0.2) is 4.79 Å². The van der Waals surface area contributed by atoms with Crippen LogP contribution < -0.4 is 20.4 Å². The van der Waals surface area contributed by atoms with Crippen molar-refractivity contribution in [2.75, 3.05) is 5.84 Å². The van der Waals surface area contributed by atoms with E-state index in [0.717, 1.165) is 15.0 Å². The van der Waals surface area contributed by atoms with E-state index in [-0.39, 0.29) is 16.1 Å². The second kappa shape index (κ2) is 5.64. The van der Waals surface area contributed by atoms with Crippen molar-refractivity contribution in [1.82, 2.24) is 4.68 Å². The van der Waals surface area contributed by atoms with Crippen LogP contribution in [0.2, 0.25) is 0 Å². The molecule has 0 unspecified atom stereocenters. The first-order valence-corrected chi connectivity index (χ1v) is 8.55. The van der Waals surface area contributed by atoms with Crippen LogP contribution in [-0.4, -0.2) is 13.1 Å². The van der Waals surface area contributed by atoms with Gasteiger partial charge in [-0.3, -0.25) is 5.84 Å². The fourth-order valence-electron chi connectivity index (χ4n) is 2.32. The number of rotatable bonds is 3. The molecule has 0 saturated heterocycles. The van der Waals surface area contributed by atoms with E-state index < -0.39 is 15.7 Å². The third-order valence-electron chi connectivity index (χ3n) is 3.70. The third kappa shape index (κ3) is 2.61. The average Bonchev–Trinajstić information content (AvgIpc) is 2.57. The molecule has 1 aromatic heterocycles. The first kappa shape index (κ1) is 16.0. The van der Waals surface area contributed by atoms with Gasteiger partial charge in [0.25, 0.3) is 0 Å². The number of nitrogens with two attached hydrogens (primary N) is 1. The number of nitrogen functional groups attached to an aromatic ring is 1. The van der Waals surface area contributed by atoms with Gasteiger partial charge in [-0.1, -0.05) is 34.5 Å². The first-order chi connectivity index (χ1) is 11.3. The Morgan fingerprint density at radius 3 is 2.33 bits per heavy atom. The molecule has 0 aliphatic carbocycles. The van der Waals surface area contributed by atoms with Crippen LogP contribution in [0.4, 0.5) is 0 Å². The van der Waals surface area contributed by atoms with Gasteiger partial charge < -0.3 is 0 Å². The van der Waals surface area contributed by atoms with Crippen LogP contribution in [0.25, 0.3) is 10.9 Å². The van der Waals surface area contributed by atoms with Crippen LogP contribution in [0.5, 0.6) is 0 Å². The maximum atomic E-state index is 12.5. The van der Waals surface area contributed by atoms with Crippen LogP contribution in [0.3, 0.4) is 0 Å². The quantitative estimate of drug-likeness (QED) is 0.548. The highest BCUT2D eigenvalue weighted by Gasteiger charge is 2.26. The van der Waals surface area contributed by atoms with Gasteiger partial charge in [0.15, 0.2) is 5.52 Å². The highest BCUT2D eigenvalue weighted by atomic mass is 32.2. The van der Waals surface area contributed by atoms with Gasteiger partial charge in [0, 0.05) is 6.92 Å². The number of hydrogen-bond donors (Lipinski definition) is 1. The maximum absolute atomic E-state index is 12.5. The summed E-state index contributed by atoms with van der Waals surface area (Å²) >= 11 is 0. The molecule has 0 radical (unpaired) electrons. The third-order valence-corrected chi connectivity index (χ3v) is 4.89. The van der Waals surface area contributed by atoms with Crippen molar-refractivity contribution in [3.8, 4) is 0 Å². The Morgan fingerprint density at radius 1 is 1.04 bits per heavy atom. The zero-order chi connectivity index (χ0) is 17.5. The molecule has 0 saturated carbocycles. The van der Waals surface area contributed by atoms with Gasteiger partial charge in [-0.15, -0.1) is 0 Å². The Labute approximate surface area is 138 Å². The summed E-state index contributed by atoms with van der Waals surface area (Å²) in [6, 6.07) is 12.8. The molecule has 124 valence electrons. The summed E-state index contributed by atoms with van der Waals surface area (Å²) in [4.78, 5) is 12.2. The van der Waals surface area contributed by atoms with Crippen molar-refractivity contribution in [1.29, 1.82) is 0 Å². The monoisotopic (exact) mass is 346 g/mol. The van der Waals surface area contributed by atoms with Gasteiger partial charge >= 0.3 is 21.5 Å². The van der Waals surface area contributed by atoms with E-state index in [2.05, 4.69) is 0 Å². The van der Waals surface area contributed by atoms with Crippen molar-refractivity contribution in [2.45, 2.75) is 18.7 Å². The number of para-hydroxylation sites is 1. The molecule has 0 aliphatic heterocycles. The molecule has 8 heteroatoms. The van der Waals surface area contributed by atoms with E-state index in [9.17, 15) is 13.2 Å². The lowest BCUT2D eigenvalue weighted by atomic mass is 10.2. The van der Waals surface area contributed by atoms with Crippen LogP contribution >= 0.6 is 0 Å². The van der Waals surface area contributed by atoms with Crippen LogP contribution in [0.1, 0.15) is 11.4 Å². The highest BCUT2D eigenvalue weighted by Crippen LogP contribution is 2.11. The van der Waals surface area contributed by atoms with Gasteiger partial charge in [0.2, 0.25) is 0 Å². The Morgan fingerprint density at radius 2 is 1.67 bits per heavy atom. The van der Waals surface area contributed by atoms with E-state index >= 15 is 0 Å². The first-order valence-electron chi connectivity index (χ1n) is 7.14. The molecule has 0 fully saturated rings. The number of hydrogen-bond acceptors (Lipinski definition) is 5. The van der Waals surface area contributed by atoms with Crippen molar-refractivity contribution >= 4 is 21.0 Å². The van der Waals surface area contributed by atoms with Gasteiger partial charge in [0.05, 0.1) is 0 Å². The largest absolute Gasteiger partial charge is 0.376 e.